The lowest BCUT2D eigenvalue weighted by Crippen LogP contribution is -2.27. The standard InChI is InChI=1S/C14H21N3O/c1-3-16-14(18)12-5-4-11(15)8-13(12)17-7-6-10(2)9-17/h4-5,8,10H,3,6-7,9,15H2,1-2H3,(H,16,18). The number of nitrogens with two attached hydrogens (primary N) is 1. The van der Waals surface area contributed by atoms with Crippen LogP contribution in [-0.2, 0) is 0 Å². The van der Waals surface area contributed by atoms with Crippen LogP contribution in [0.5, 0.6) is 0 Å². The van der Waals surface area contributed by atoms with Crippen LogP contribution in [0.3, 0.4) is 0 Å². The summed E-state index contributed by atoms with van der Waals surface area (Å²) in [6, 6.07) is 5.51. The van der Waals surface area contributed by atoms with Gasteiger partial charge in [-0.15, -0.1) is 0 Å². The summed E-state index contributed by atoms with van der Waals surface area (Å²) < 4.78 is 0. The van der Waals surface area contributed by atoms with Gasteiger partial charge in [-0.2, -0.15) is 0 Å². The van der Waals surface area contributed by atoms with Gasteiger partial charge < -0.3 is 16.0 Å². The van der Waals surface area contributed by atoms with E-state index in [0.29, 0.717) is 18.2 Å². The molecular formula is C14H21N3O. The van der Waals surface area contributed by atoms with Crippen molar-refractivity contribution < 1.29 is 4.79 Å². The Bertz CT molecular complexity index is 445. The number of benzene rings is 1. The lowest BCUT2D eigenvalue weighted by molar-refractivity contribution is 0.0956. The van der Waals surface area contributed by atoms with Crippen molar-refractivity contribution in [2.45, 2.75) is 20.3 Å². The molecule has 0 saturated carbocycles. The van der Waals surface area contributed by atoms with Crippen molar-refractivity contribution in [1.82, 2.24) is 5.32 Å². The fourth-order valence-electron chi connectivity index (χ4n) is 2.41. The topological polar surface area (TPSA) is 58.4 Å². The summed E-state index contributed by atoms with van der Waals surface area (Å²) in [5, 5.41) is 2.85. The van der Waals surface area contributed by atoms with Crippen molar-refractivity contribution in [3.8, 4) is 0 Å². The first-order valence-corrected chi connectivity index (χ1v) is 6.54. The van der Waals surface area contributed by atoms with Crippen molar-refractivity contribution in [1.29, 1.82) is 0 Å². The highest BCUT2D eigenvalue weighted by Crippen LogP contribution is 2.28. The summed E-state index contributed by atoms with van der Waals surface area (Å²) in [4.78, 5) is 14.3. The average molecular weight is 247 g/mol. The molecular weight excluding hydrogens is 226 g/mol. The molecule has 1 saturated heterocycles. The fourth-order valence-corrected chi connectivity index (χ4v) is 2.41. The first-order valence-electron chi connectivity index (χ1n) is 6.54. The maximum atomic E-state index is 12.0. The van der Waals surface area contributed by atoms with Crippen LogP contribution >= 0.6 is 0 Å². The highest BCUT2D eigenvalue weighted by Gasteiger charge is 2.23. The molecule has 1 fully saturated rings. The van der Waals surface area contributed by atoms with E-state index in [2.05, 4.69) is 17.1 Å². The molecule has 0 spiro atoms. The van der Waals surface area contributed by atoms with E-state index in [4.69, 9.17) is 5.73 Å². The quantitative estimate of drug-likeness (QED) is 0.802. The molecule has 2 rings (SSSR count). The van der Waals surface area contributed by atoms with Gasteiger partial charge in [0.25, 0.3) is 5.91 Å². The van der Waals surface area contributed by atoms with Crippen LogP contribution in [0.1, 0.15) is 30.6 Å². The second-order valence-corrected chi connectivity index (χ2v) is 4.98. The number of nitrogens with zero attached hydrogens (tertiary/aromatic N) is 1. The van der Waals surface area contributed by atoms with E-state index in [1.165, 1.54) is 6.42 Å². The van der Waals surface area contributed by atoms with Crippen LogP contribution < -0.4 is 16.0 Å². The third-order valence-electron chi connectivity index (χ3n) is 3.37. The van der Waals surface area contributed by atoms with Crippen LogP contribution in [0.2, 0.25) is 0 Å². The number of amides is 1. The van der Waals surface area contributed by atoms with Gasteiger partial charge in [-0.3, -0.25) is 4.79 Å². The van der Waals surface area contributed by atoms with Gasteiger partial charge in [0.05, 0.1) is 11.3 Å². The molecule has 0 aromatic heterocycles. The summed E-state index contributed by atoms with van der Waals surface area (Å²) in [5.41, 5.74) is 8.24. The predicted octanol–water partition coefficient (Wildman–Crippen LogP) is 1.86. The second kappa shape index (κ2) is 5.29. The second-order valence-electron chi connectivity index (χ2n) is 4.98. The summed E-state index contributed by atoms with van der Waals surface area (Å²) >= 11 is 0. The first-order chi connectivity index (χ1) is 8.61. The molecule has 0 radical (unpaired) electrons. The molecule has 1 atom stereocenters. The normalized spacial score (nSPS) is 19.0. The van der Waals surface area contributed by atoms with Gasteiger partial charge in [-0.25, -0.2) is 0 Å². The maximum absolute atomic E-state index is 12.0. The minimum absolute atomic E-state index is 0.0212. The molecule has 0 bridgehead atoms. The Balaban J connectivity index is 2.31. The Labute approximate surface area is 108 Å². The van der Waals surface area contributed by atoms with Crippen LogP contribution in [0.25, 0.3) is 0 Å². The number of nitrogen functional groups attached to an aromatic ring is 1. The Morgan fingerprint density at radius 2 is 2.33 bits per heavy atom. The van der Waals surface area contributed by atoms with E-state index in [1.54, 1.807) is 6.07 Å². The zero-order valence-corrected chi connectivity index (χ0v) is 11.1. The molecule has 1 aliphatic heterocycles. The zero-order chi connectivity index (χ0) is 13.1. The van der Waals surface area contributed by atoms with Crippen LogP contribution in [0.15, 0.2) is 18.2 Å². The van der Waals surface area contributed by atoms with Gasteiger partial charge in [-0.1, -0.05) is 6.92 Å². The van der Waals surface area contributed by atoms with Crippen LogP contribution in [-0.4, -0.2) is 25.5 Å². The molecule has 18 heavy (non-hydrogen) atoms. The molecule has 4 nitrogen and oxygen atoms in total. The number of carbonyl (C=O) groups excluding carboxylic acids is 1. The van der Waals surface area contributed by atoms with Crippen molar-refractivity contribution >= 4 is 17.3 Å². The summed E-state index contributed by atoms with van der Waals surface area (Å²) in [5.74, 6) is 0.653. The Kier molecular flexibility index (Phi) is 3.75. The molecule has 1 aromatic rings. The molecule has 1 amide bonds. The number of carbonyl (C=O) groups is 1. The van der Waals surface area contributed by atoms with E-state index in [9.17, 15) is 4.79 Å². The Hall–Kier alpha value is -1.71. The van der Waals surface area contributed by atoms with E-state index in [-0.39, 0.29) is 5.91 Å². The number of hydrogen-bond acceptors (Lipinski definition) is 3. The van der Waals surface area contributed by atoms with E-state index in [1.807, 2.05) is 19.1 Å². The summed E-state index contributed by atoms with van der Waals surface area (Å²) in [7, 11) is 0. The SMILES string of the molecule is CCNC(=O)c1ccc(N)cc1N1CCC(C)C1. The third kappa shape index (κ3) is 2.58. The van der Waals surface area contributed by atoms with E-state index >= 15 is 0 Å². The molecule has 3 N–H and O–H groups in total. The van der Waals surface area contributed by atoms with Crippen molar-refractivity contribution in [3.63, 3.8) is 0 Å². The van der Waals surface area contributed by atoms with Gasteiger partial charge in [0.2, 0.25) is 0 Å². The Morgan fingerprint density at radius 1 is 1.56 bits per heavy atom. The zero-order valence-electron chi connectivity index (χ0n) is 11.1. The largest absolute Gasteiger partial charge is 0.399 e. The maximum Gasteiger partial charge on any atom is 0.253 e. The van der Waals surface area contributed by atoms with Crippen molar-refractivity contribution in [3.05, 3.63) is 23.8 Å². The average Bonchev–Trinajstić information content (AvgIpc) is 2.76. The number of rotatable bonds is 3. The third-order valence-corrected chi connectivity index (χ3v) is 3.37. The first kappa shape index (κ1) is 12.7. The van der Waals surface area contributed by atoms with E-state index in [0.717, 1.165) is 24.3 Å². The molecule has 4 heteroatoms. The lowest BCUT2D eigenvalue weighted by Gasteiger charge is -2.22. The molecule has 1 aliphatic rings. The highest BCUT2D eigenvalue weighted by molar-refractivity contribution is 6.00. The fraction of sp³-hybridized carbons (Fsp3) is 0.500. The van der Waals surface area contributed by atoms with Crippen LogP contribution in [0.4, 0.5) is 11.4 Å². The minimum Gasteiger partial charge on any atom is -0.399 e. The van der Waals surface area contributed by atoms with Crippen molar-refractivity contribution in [2.24, 2.45) is 5.92 Å². The molecule has 98 valence electrons. The molecule has 0 aliphatic carbocycles. The molecule has 1 aromatic carbocycles. The van der Waals surface area contributed by atoms with Gasteiger partial charge >= 0.3 is 0 Å². The summed E-state index contributed by atoms with van der Waals surface area (Å²) in [6.07, 6.45) is 1.17. The molecule has 1 unspecified atom stereocenters. The monoisotopic (exact) mass is 247 g/mol. The summed E-state index contributed by atoms with van der Waals surface area (Å²) in [6.45, 7) is 6.79. The Morgan fingerprint density at radius 3 is 2.94 bits per heavy atom. The highest BCUT2D eigenvalue weighted by atomic mass is 16.1. The van der Waals surface area contributed by atoms with Gasteiger partial charge in [0.15, 0.2) is 0 Å². The minimum atomic E-state index is -0.0212. The molecule has 1 heterocycles. The van der Waals surface area contributed by atoms with E-state index < -0.39 is 0 Å². The predicted molar refractivity (Wildman–Crippen MR) is 74.9 cm³/mol. The van der Waals surface area contributed by atoms with Crippen molar-refractivity contribution in [2.75, 3.05) is 30.3 Å². The van der Waals surface area contributed by atoms with Gasteiger partial charge in [0, 0.05) is 25.3 Å². The number of nitrogens with one attached hydrogen (secondary N) is 1. The number of hydrogen-bond donors (Lipinski definition) is 2. The van der Waals surface area contributed by atoms with Gasteiger partial charge in [-0.05, 0) is 37.5 Å². The number of anilines is 2. The van der Waals surface area contributed by atoms with Crippen LogP contribution in [0, 0.1) is 5.92 Å². The lowest BCUT2D eigenvalue weighted by atomic mass is 10.1. The smallest absolute Gasteiger partial charge is 0.253 e. The van der Waals surface area contributed by atoms with Gasteiger partial charge in [0.1, 0.15) is 0 Å².